The van der Waals surface area contributed by atoms with Crippen LogP contribution < -0.4 is 0 Å². The number of ether oxygens (including phenoxy) is 1. The first kappa shape index (κ1) is 18.4. The highest BCUT2D eigenvalue weighted by Crippen LogP contribution is 2.35. The van der Waals surface area contributed by atoms with E-state index in [0.717, 1.165) is 5.56 Å². The van der Waals surface area contributed by atoms with Gasteiger partial charge in [-0.05, 0) is 37.5 Å². The lowest BCUT2D eigenvalue weighted by atomic mass is 9.98. The molecular formula is C21H22FN3O3. The van der Waals surface area contributed by atoms with Crippen LogP contribution in [0.2, 0.25) is 0 Å². The number of rotatable bonds is 3. The van der Waals surface area contributed by atoms with Crippen molar-refractivity contribution < 1.29 is 18.7 Å². The second-order valence-electron chi connectivity index (χ2n) is 7.23. The normalized spacial score (nSPS) is 23.0. The monoisotopic (exact) mass is 383 g/mol. The number of hydrogen-bond donors (Lipinski definition) is 0. The number of piperidine rings is 1. The fraction of sp³-hybridized carbons (Fsp3) is 0.381. The average Bonchev–Trinajstić information content (AvgIpc) is 3.03. The smallest absolute Gasteiger partial charge is 0.411 e. The van der Waals surface area contributed by atoms with Gasteiger partial charge in [-0.2, -0.15) is 4.39 Å². The van der Waals surface area contributed by atoms with Gasteiger partial charge in [0.2, 0.25) is 5.95 Å². The van der Waals surface area contributed by atoms with Crippen LogP contribution in [-0.2, 0) is 4.74 Å². The van der Waals surface area contributed by atoms with Crippen molar-refractivity contribution in [2.45, 2.75) is 38.0 Å². The Morgan fingerprint density at radius 2 is 1.86 bits per heavy atom. The molecule has 2 atom stereocenters. The minimum atomic E-state index is -0.753. The molecule has 4 rings (SSSR count). The first-order valence-corrected chi connectivity index (χ1v) is 9.50. The van der Waals surface area contributed by atoms with Crippen molar-refractivity contribution in [3.63, 3.8) is 0 Å². The van der Waals surface area contributed by atoms with Crippen molar-refractivity contribution in [3.05, 3.63) is 65.7 Å². The van der Waals surface area contributed by atoms with E-state index >= 15 is 0 Å². The van der Waals surface area contributed by atoms with Crippen LogP contribution in [0.15, 0.2) is 48.7 Å². The van der Waals surface area contributed by atoms with Gasteiger partial charge in [0.25, 0.3) is 5.91 Å². The predicted molar refractivity (Wildman–Crippen MR) is 100 cm³/mol. The third-order valence-electron chi connectivity index (χ3n) is 5.58. The maximum Gasteiger partial charge on any atom is 0.411 e. The highest BCUT2D eigenvalue weighted by Gasteiger charge is 2.44. The van der Waals surface area contributed by atoms with Gasteiger partial charge in [0, 0.05) is 25.3 Å². The van der Waals surface area contributed by atoms with Gasteiger partial charge in [-0.1, -0.05) is 30.3 Å². The Hall–Kier alpha value is -2.96. The van der Waals surface area contributed by atoms with Crippen molar-refractivity contribution >= 4 is 12.0 Å². The largest absolute Gasteiger partial charge is 0.439 e. The highest BCUT2D eigenvalue weighted by molar-refractivity contribution is 5.94. The number of halogens is 1. The number of benzene rings is 1. The molecule has 0 spiro atoms. The number of cyclic esters (lactones) is 1. The summed E-state index contributed by atoms with van der Waals surface area (Å²) in [6, 6.07) is 12.6. The van der Waals surface area contributed by atoms with E-state index in [1.54, 1.807) is 15.9 Å². The van der Waals surface area contributed by atoms with Gasteiger partial charge in [-0.25, -0.2) is 9.78 Å². The Kier molecular flexibility index (Phi) is 4.98. The Morgan fingerprint density at radius 3 is 2.54 bits per heavy atom. The predicted octanol–water partition coefficient (Wildman–Crippen LogP) is 3.41. The highest BCUT2D eigenvalue weighted by atomic mass is 19.1. The van der Waals surface area contributed by atoms with Crippen molar-refractivity contribution in [1.82, 2.24) is 14.8 Å². The average molecular weight is 383 g/mol. The quantitative estimate of drug-likeness (QED) is 0.762. The zero-order valence-electron chi connectivity index (χ0n) is 15.6. The number of nitrogens with zero attached hydrogens (tertiary/aromatic N) is 3. The van der Waals surface area contributed by atoms with Crippen molar-refractivity contribution in [3.8, 4) is 0 Å². The van der Waals surface area contributed by atoms with Gasteiger partial charge in [0.15, 0.2) is 0 Å². The molecule has 2 aromatic rings. The molecule has 0 N–H and O–H groups in total. The van der Waals surface area contributed by atoms with Crippen LogP contribution in [0.3, 0.4) is 0 Å². The van der Waals surface area contributed by atoms with Gasteiger partial charge in [0.05, 0.1) is 11.6 Å². The molecule has 3 heterocycles. The third-order valence-corrected chi connectivity index (χ3v) is 5.58. The van der Waals surface area contributed by atoms with Crippen LogP contribution in [0.5, 0.6) is 0 Å². The maximum absolute atomic E-state index is 13.8. The molecule has 2 aliphatic heterocycles. The summed E-state index contributed by atoms with van der Waals surface area (Å²) in [7, 11) is 0. The summed E-state index contributed by atoms with van der Waals surface area (Å²) in [5.41, 5.74) is 0.963. The minimum absolute atomic E-state index is 0.000919. The molecule has 7 heteroatoms. The first-order valence-electron chi connectivity index (χ1n) is 9.50. The number of hydrogen-bond acceptors (Lipinski definition) is 4. The summed E-state index contributed by atoms with van der Waals surface area (Å²) in [6.07, 6.45) is 1.98. The van der Waals surface area contributed by atoms with Gasteiger partial charge >= 0.3 is 6.09 Å². The maximum atomic E-state index is 13.8. The number of pyridine rings is 1. The van der Waals surface area contributed by atoms with Gasteiger partial charge < -0.3 is 9.64 Å². The lowest BCUT2D eigenvalue weighted by Gasteiger charge is -2.37. The molecule has 2 saturated heterocycles. The molecule has 28 heavy (non-hydrogen) atoms. The Balaban J connectivity index is 1.42. The van der Waals surface area contributed by atoms with E-state index < -0.39 is 5.95 Å². The van der Waals surface area contributed by atoms with Crippen molar-refractivity contribution in [2.75, 3.05) is 13.1 Å². The Labute approximate surface area is 162 Å². The molecule has 6 nitrogen and oxygen atoms in total. The lowest BCUT2D eigenvalue weighted by molar-refractivity contribution is 0.0635. The first-order chi connectivity index (χ1) is 13.6. The molecule has 2 aliphatic rings. The number of amides is 2. The SMILES string of the molecule is CC1C(c2ccccc2)OC(=O)N1C1CCN(C(=O)c2cccnc2F)CC1. The van der Waals surface area contributed by atoms with Crippen LogP contribution in [0, 0.1) is 5.95 Å². The van der Waals surface area contributed by atoms with Crippen LogP contribution in [0.4, 0.5) is 9.18 Å². The van der Waals surface area contributed by atoms with E-state index in [-0.39, 0.29) is 35.8 Å². The number of likely N-dealkylation sites (tertiary alicyclic amines) is 1. The van der Waals surface area contributed by atoms with Gasteiger partial charge in [-0.3, -0.25) is 9.69 Å². The molecule has 0 aliphatic carbocycles. The molecular weight excluding hydrogens is 361 g/mol. The summed E-state index contributed by atoms with van der Waals surface area (Å²) >= 11 is 0. The second kappa shape index (κ2) is 7.58. The number of aromatic nitrogens is 1. The van der Waals surface area contributed by atoms with Gasteiger partial charge in [-0.15, -0.1) is 0 Å². The molecule has 146 valence electrons. The van der Waals surface area contributed by atoms with Gasteiger partial charge in [0.1, 0.15) is 6.10 Å². The summed E-state index contributed by atoms with van der Waals surface area (Å²) in [6.45, 7) is 2.92. The Bertz CT molecular complexity index is 868. The Morgan fingerprint density at radius 1 is 1.14 bits per heavy atom. The number of carbonyl (C=O) groups is 2. The number of carbonyl (C=O) groups excluding carboxylic acids is 2. The molecule has 2 amide bonds. The zero-order valence-corrected chi connectivity index (χ0v) is 15.6. The summed E-state index contributed by atoms with van der Waals surface area (Å²) in [4.78, 5) is 32.0. The molecule has 1 aromatic carbocycles. The zero-order chi connectivity index (χ0) is 19.7. The molecule has 0 bridgehead atoms. The van der Waals surface area contributed by atoms with E-state index in [0.29, 0.717) is 25.9 Å². The summed E-state index contributed by atoms with van der Waals surface area (Å²) < 4.78 is 19.4. The summed E-state index contributed by atoms with van der Waals surface area (Å²) in [5, 5.41) is 0. The van der Waals surface area contributed by atoms with E-state index in [4.69, 9.17) is 4.74 Å². The van der Waals surface area contributed by atoms with Crippen LogP contribution in [-0.4, -0.2) is 52.0 Å². The third kappa shape index (κ3) is 3.32. The fourth-order valence-electron chi connectivity index (χ4n) is 4.11. The second-order valence-corrected chi connectivity index (χ2v) is 7.23. The van der Waals surface area contributed by atoms with Crippen LogP contribution in [0.1, 0.15) is 41.8 Å². The van der Waals surface area contributed by atoms with E-state index in [1.165, 1.54) is 12.3 Å². The van der Waals surface area contributed by atoms with Crippen molar-refractivity contribution in [2.24, 2.45) is 0 Å². The molecule has 1 aromatic heterocycles. The van der Waals surface area contributed by atoms with E-state index in [2.05, 4.69) is 4.98 Å². The standard InChI is InChI=1S/C21H22FN3O3/c1-14-18(15-6-3-2-4-7-15)28-21(27)25(14)16-9-12-24(13-10-16)20(26)17-8-5-11-23-19(17)22/h2-8,11,14,16,18H,9-10,12-13H2,1H3. The van der Waals surface area contributed by atoms with Crippen LogP contribution in [0.25, 0.3) is 0 Å². The van der Waals surface area contributed by atoms with Crippen molar-refractivity contribution in [1.29, 1.82) is 0 Å². The topological polar surface area (TPSA) is 62.7 Å². The molecule has 2 unspecified atom stereocenters. The molecule has 2 fully saturated rings. The van der Waals surface area contributed by atoms with E-state index in [1.807, 2.05) is 37.3 Å². The molecule has 0 saturated carbocycles. The van der Waals surface area contributed by atoms with Crippen LogP contribution >= 0.6 is 0 Å². The summed E-state index contributed by atoms with van der Waals surface area (Å²) in [5.74, 6) is -1.11. The lowest BCUT2D eigenvalue weighted by Crippen LogP contribution is -2.49. The fourth-order valence-corrected chi connectivity index (χ4v) is 4.11. The molecule has 0 radical (unpaired) electrons. The minimum Gasteiger partial charge on any atom is -0.439 e. The van der Waals surface area contributed by atoms with E-state index in [9.17, 15) is 14.0 Å².